The van der Waals surface area contributed by atoms with Gasteiger partial charge in [0.15, 0.2) is 50.3 Å². The van der Waals surface area contributed by atoms with E-state index < -0.39 is 304 Å². The van der Waals surface area contributed by atoms with E-state index in [0.717, 1.165) is 13.8 Å². The molecule has 0 aromatic carbocycles. The maximum absolute atomic E-state index is 12.4. The Labute approximate surface area is 532 Å². The van der Waals surface area contributed by atoms with Gasteiger partial charge < -0.3 is 199 Å². The van der Waals surface area contributed by atoms with Crippen molar-refractivity contribution in [2.24, 2.45) is 0 Å². The molecule has 42 nitrogen and oxygen atoms in total. The molecule has 0 saturated carbocycles. The van der Waals surface area contributed by atoms with Gasteiger partial charge in [0, 0.05) is 13.8 Å². The van der Waals surface area contributed by atoms with Crippen molar-refractivity contribution in [3.05, 3.63) is 0 Å². The average Bonchev–Trinajstić information content (AvgIpc) is 0.773. The van der Waals surface area contributed by atoms with Crippen molar-refractivity contribution in [1.29, 1.82) is 0 Å². The zero-order valence-corrected chi connectivity index (χ0v) is 50.3. The summed E-state index contributed by atoms with van der Waals surface area (Å²) in [6.07, 6.45) is -76.0. The Bertz CT molecular complexity index is 2360. The van der Waals surface area contributed by atoms with E-state index in [9.17, 15) is 127 Å². The van der Waals surface area contributed by atoms with Crippen LogP contribution in [-0.2, 0) is 80.6 Å². The van der Waals surface area contributed by atoms with Gasteiger partial charge in [0.25, 0.3) is 0 Å². The van der Waals surface area contributed by atoms with E-state index in [1.807, 2.05) is 0 Å². The number of hydrogen-bond donors (Lipinski definition) is 25. The summed E-state index contributed by atoms with van der Waals surface area (Å²) in [6, 6.07) is -3.29. The third-order valence-electron chi connectivity index (χ3n) is 17.4. The molecule has 0 radical (unpaired) electrons. The van der Waals surface area contributed by atoms with Crippen LogP contribution in [0.2, 0.25) is 0 Å². The number of rotatable bonds is 23. The molecule has 40 atom stereocenters. The zero-order valence-electron chi connectivity index (χ0n) is 50.3. The molecule has 8 aliphatic rings. The van der Waals surface area contributed by atoms with Crippen LogP contribution in [0.1, 0.15) is 20.8 Å². The number of hydrogen-bond acceptors (Lipinski definition) is 40. The molecule has 0 bridgehead atoms. The van der Waals surface area contributed by atoms with Gasteiger partial charge in [-0.3, -0.25) is 9.59 Å². The smallest absolute Gasteiger partial charge is 0.217 e. The molecule has 0 unspecified atom stereocenters. The molecular formula is C52H88N2O40. The van der Waals surface area contributed by atoms with Gasteiger partial charge in [0.05, 0.1) is 52.4 Å². The Kier molecular flexibility index (Phi) is 27.3. The van der Waals surface area contributed by atoms with Gasteiger partial charge in [-0.05, 0) is 6.92 Å². The highest BCUT2D eigenvalue weighted by Crippen LogP contribution is 2.39. The first-order valence-corrected chi connectivity index (χ1v) is 30.0. The van der Waals surface area contributed by atoms with Crippen molar-refractivity contribution >= 4 is 11.8 Å². The average molecular weight is 1380 g/mol. The number of carbonyl (C=O) groups excluding carboxylic acids is 2. The predicted octanol–water partition coefficient (Wildman–Crippen LogP) is -17.1. The summed E-state index contributed by atoms with van der Waals surface area (Å²) in [5, 5.41) is 256. The monoisotopic (exact) mass is 1380 g/mol. The van der Waals surface area contributed by atoms with Gasteiger partial charge >= 0.3 is 0 Å². The largest absolute Gasteiger partial charge is 0.394 e. The first-order valence-electron chi connectivity index (χ1n) is 30.0. The van der Waals surface area contributed by atoms with Crippen molar-refractivity contribution < 1.29 is 198 Å². The third-order valence-corrected chi connectivity index (χ3v) is 17.4. The summed E-state index contributed by atoms with van der Waals surface area (Å²) in [5.74, 6) is -1.58. The van der Waals surface area contributed by atoms with Crippen LogP contribution in [0.25, 0.3) is 0 Å². The Morgan fingerprint density at radius 1 is 0.298 bits per heavy atom. The first kappa shape index (κ1) is 77.2. The predicted molar refractivity (Wildman–Crippen MR) is 286 cm³/mol. The summed E-state index contributed by atoms with van der Waals surface area (Å²) in [4.78, 5) is 24.5. The maximum Gasteiger partial charge on any atom is 0.217 e. The molecule has 8 fully saturated rings. The Balaban J connectivity index is 1.05. The van der Waals surface area contributed by atoms with Crippen molar-refractivity contribution in [3.63, 3.8) is 0 Å². The minimum atomic E-state index is -2.45. The Morgan fingerprint density at radius 2 is 0.638 bits per heavy atom. The van der Waals surface area contributed by atoms with Crippen LogP contribution < -0.4 is 10.6 Å². The molecule has 0 aromatic rings. The molecule has 8 saturated heterocycles. The molecule has 2 amide bonds. The molecule has 546 valence electrons. The number of aliphatic hydroxyl groups excluding tert-OH is 23. The lowest BCUT2D eigenvalue weighted by Gasteiger charge is -2.51. The highest BCUT2D eigenvalue weighted by atomic mass is 16.8. The SMILES string of the molecule is CC(=O)N[C@H]1[C@@H](O[C@@H]2[C@H](O)[C@@H](O)[C@H](OC[C@H]3O[C@@H](O[C@H]4[C@H](O)[C@@H](O)[C@H](O)O[C@@H]4CO)[C@H](O)[C@@H](O[C@@H]4O[C@H](CO)[C@H](O[C@@H]5O[C@H](CO)[C@H](O)[C@H](O[C@H]6O[C@H](CO)[C@H](O)[C@H](O)[C@H]6NC(C)=O)[C@H]5O[C@@H]5O[C@@H](C)[C@@H](O)[C@@H](O)[C@@H]5O)[C@H](O)[C@H]4O)[C@H]3O)O[C@@H]2CO)O[C@H](CO)[C@H](O)[C@@H]1O. The van der Waals surface area contributed by atoms with Gasteiger partial charge in [-0.15, -0.1) is 0 Å². The minimum Gasteiger partial charge on any atom is -0.394 e. The standard InChI is InChI=1S/C52H88N2O40/c1-11-23(63)30(70)35(75)49(81-11)94-44-43(93-47-22(54-13(3)62)29(69)25(65)15(5-56)84-47)26(66)16(6-57)85-52(44)91-41-19(9-60)87-50(37(77)33(41)73)92-42-27(67)20(88-51(38(42)78)90-39-17(7-58)82-45(79)34(74)31(39)71)10-80-48-36(76)32(72)40(18(8-59)86-48)89-46-21(53-12(2)61)28(68)24(64)14(4-55)83-46/h11,14-52,55-60,63-79H,4-10H2,1-3H3,(H,53,61)(H,54,62)/t11-,14+,15+,16+,17+,18+,19+,20+,21+,22+,23+,24-,25-,26-,27-,28+,29+,30+,31+,32+,33+,34+,35-,36+,37+,38+,39+,40-,41-,42-,43-,44+,45+,46+,47+,48+,49-,50-,51-,52-/m0/s1. The van der Waals surface area contributed by atoms with Crippen LogP contribution in [0.5, 0.6) is 0 Å². The highest BCUT2D eigenvalue weighted by molar-refractivity contribution is 5.73. The summed E-state index contributed by atoms with van der Waals surface area (Å²) in [7, 11) is 0. The molecular weight excluding hydrogens is 1290 g/mol. The van der Waals surface area contributed by atoms with E-state index in [1.165, 1.54) is 6.92 Å². The second kappa shape index (κ2) is 33.3. The van der Waals surface area contributed by atoms with Crippen molar-refractivity contribution in [1.82, 2.24) is 10.6 Å². The van der Waals surface area contributed by atoms with E-state index >= 15 is 0 Å². The lowest BCUT2D eigenvalue weighted by molar-refractivity contribution is -0.407. The maximum atomic E-state index is 12.4. The molecule has 25 N–H and O–H groups in total. The van der Waals surface area contributed by atoms with Gasteiger partial charge in [-0.2, -0.15) is 0 Å². The topological polar surface area (TPSA) is 662 Å². The van der Waals surface area contributed by atoms with Gasteiger partial charge in [-0.25, -0.2) is 0 Å². The van der Waals surface area contributed by atoms with Crippen LogP contribution in [0, 0.1) is 0 Å². The van der Waals surface area contributed by atoms with Gasteiger partial charge in [0.2, 0.25) is 11.8 Å². The molecule has 0 spiro atoms. The number of aliphatic hydroxyl groups is 23. The third kappa shape index (κ3) is 16.4. The Hall–Kier alpha value is -2.58. The molecule has 94 heavy (non-hydrogen) atoms. The van der Waals surface area contributed by atoms with E-state index in [2.05, 4.69) is 10.6 Å². The summed E-state index contributed by atoms with van der Waals surface area (Å²) >= 11 is 0. The van der Waals surface area contributed by atoms with E-state index in [4.69, 9.17) is 71.1 Å². The van der Waals surface area contributed by atoms with Crippen molar-refractivity contribution in [3.8, 4) is 0 Å². The van der Waals surface area contributed by atoms with Crippen molar-refractivity contribution in [2.75, 3.05) is 46.2 Å². The zero-order chi connectivity index (χ0) is 69.2. The number of carbonyl (C=O) groups is 2. The second-order valence-electron chi connectivity index (χ2n) is 23.9. The molecule has 8 aliphatic heterocycles. The lowest BCUT2D eigenvalue weighted by Crippen LogP contribution is -2.70. The first-order chi connectivity index (χ1) is 44.4. The van der Waals surface area contributed by atoms with E-state index in [-0.39, 0.29) is 0 Å². The van der Waals surface area contributed by atoms with Crippen LogP contribution in [0.15, 0.2) is 0 Å². The van der Waals surface area contributed by atoms with Crippen LogP contribution in [0.3, 0.4) is 0 Å². The second-order valence-corrected chi connectivity index (χ2v) is 23.9. The Morgan fingerprint density at radius 3 is 1.14 bits per heavy atom. The number of amides is 2. The lowest BCUT2D eigenvalue weighted by atomic mass is 9.94. The van der Waals surface area contributed by atoms with Crippen LogP contribution in [0.4, 0.5) is 0 Å². The van der Waals surface area contributed by atoms with Crippen LogP contribution in [-0.4, -0.2) is 421 Å². The normalized spacial score (nSPS) is 51.2. The minimum absolute atomic E-state index is 0.757. The quantitative estimate of drug-likeness (QED) is 0.0452. The fourth-order valence-corrected chi connectivity index (χ4v) is 12.1. The number of nitrogens with one attached hydrogen (secondary N) is 2. The fourth-order valence-electron chi connectivity index (χ4n) is 12.1. The molecule has 0 aromatic heterocycles. The van der Waals surface area contributed by atoms with Gasteiger partial charge in [0.1, 0.15) is 189 Å². The highest BCUT2D eigenvalue weighted by Gasteiger charge is 2.60. The molecule has 42 heteroatoms. The summed E-state index contributed by atoms with van der Waals surface area (Å²) < 4.78 is 87.0. The molecule has 0 aliphatic carbocycles. The number of ether oxygens (including phenoxy) is 15. The van der Waals surface area contributed by atoms with E-state index in [0.29, 0.717) is 0 Å². The van der Waals surface area contributed by atoms with Crippen molar-refractivity contribution in [2.45, 2.75) is 266 Å². The summed E-state index contributed by atoms with van der Waals surface area (Å²) in [6.45, 7) is -3.94. The fraction of sp³-hybridized carbons (Fsp3) is 0.962. The molecule has 8 rings (SSSR count). The van der Waals surface area contributed by atoms with Gasteiger partial charge in [-0.1, -0.05) is 0 Å². The summed E-state index contributed by atoms with van der Waals surface area (Å²) in [5.41, 5.74) is 0. The van der Waals surface area contributed by atoms with Crippen LogP contribution >= 0.6 is 0 Å². The van der Waals surface area contributed by atoms with E-state index in [1.54, 1.807) is 0 Å². The molecule has 8 heterocycles.